The molecule has 2 aliphatic rings. The summed E-state index contributed by atoms with van der Waals surface area (Å²) in [5.41, 5.74) is 6.90. The lowest BCUT2D eigenvalue weighted by molar-refractivity contribution is -0.140. The highest BCUT2D eigenvalue weighted by atomic mass is 19.3. The Morgan fingerprint density at radius 1 is 0.802 bits per heavy atom. The Morgan fingerprint density at radius 3 is 1.94 bits per heavy atom. The first-order valence-electron chi connectivity index (χ1n) is 25.8. The molecule has 27 nitrogen and oxygen atoms in total. The molecule has 438 valence electrons. The van der Waals surface area contributed by atoms with Gasteiger partial charge in [-0.05, 0) is 42.7 Å². The number of imide groups is 1. The minimum Gasteiger partial charge on any atom is -0.484 e. The van der Waals surface area contributed by atoms with Crippen LogP contribution in [0.3, 0.4) is 0 Å². The number of pyridine rings is 1. The number of benzene rings is 2. The second kappa shape index (κ2) is 30.8. The third-order valence-electron chi connectivity index (χ3n) is 13.1. The number of carbonyl (C=O) groups excluding carboxylic acids is 6. The van der Waals surface area contributed by atoms with Crippen molar-refractivity contribution in [1.82, 2.24) is 55.7 Å². The zero-order valence-corrected chi connectivity index (χ0v) is 44.9. The SMILES string of the molecule is CN(C)C(N)=NCCC[C@H](NC(=O)COc1ccc2nccc(C(=O)NCC(=O)N3CC(F)(F)C[C@H]3C#N)c2c1)C(=O)N[C@@H](Cc1ccccc1)C(=O)NC(=O)CN1CCN(CC(=O)O)CCN(CC(=O)O)CCN(CC(=O)O)CC1. The smallest absolute Gasteiger partial charge is 0.317 e. The molecule has 0 aliphatic carbocycles. The van der Waals surface area contributed by atoms with Crippen molar-refractivity contribution in [1.29, 1.82) is 5.26 Å². The molecule has 3 atom stereocenters. The van der Waals surface area contributed by atoms with Crippen molar-refractivity contribution in [2.75, 3.05) is 119 Å². The number of aliphatic imine (C=N–C) groups is 1. The van der Waals surface area contributed by atoms with E-state index < -0.39 is 123 Å². The molecule has 2 saturated heterocycles. The second-order valence-corrected chi connectivity index (χ2v) is 19.6. The summed E-state index contributed by atoms with van der Waals surface area (Å²) in [4.78, 5) is 134. The zero-order chi connectivity index (χ0) is 59.2. The molecule has 0 saturated carbocycles. The summed E-state index contributed by atoms with van der Waals surface area (Å²) in [7, 11) is 3.37. The minimum atomic E-state index is -3.25. The van der Waals surface area contributed by atoms with E-state index >= 15 is 0 Å². The highest BCUT2D eigenvalue weighted by Gasteiger charge is 2.47. The number of carboxylic acid groups (broad SMARTS) is 3. The van der Waals surface area contributed by atoms with Gasteiger partial charge in [0, 0.05) is 97.4 Å². The first kappa shape index (κ1) is 63.4. The monoisotopic (exact) mass is 1130 g/mol. The van der Waals surface area contributed by atoms with E-state index in [1.54, 1.807) is 75.0 Å². The maximum atomic E-state index is 14.3. The number of aliphatic carboxylic acids is 3. The number of fused-ring (bicyclic) bond motifs is 1. The molecule has 0 bridgehead atoms. The Morgan fingerprint density at radius 2 is 1.38 bits per heavy atom. The fourth-order valence-corrected chi connectivity index (χ4v) is 8.83. The van der Waals surface area contributed by atoms with Gasteiger partial charge in [0.1, 0.15) is 23.9 Å². The standard InChI is InChI=1S/C52H68F2N14O13/c1-63(2)51(56)58-13-6-9-40(60-43(70)32-81-36-10-11-39-38(24-36)37(12-14-57-39)48(78)59-27-44(71)68-33-52(53,54)25-35(68)26-55)49(79)61-41(23-34-7-4-3-5-8-34)50(80)62-42(69)28-64-15-17-65(29-45(72)73)19-21-67(31-47(76)77)22-20-66(18-16-64)30-46(74)75/h3-5,7-8,10-12,14,24,35,40-41H,6,9,13,15-23,25,27-33H2,1-2H3,(H2,56,58)(H,59,78)(H,60,70)(H,61,79)(H,72,73)(H,74,75)(H,76,77)(H,62,69,80)/t35-,40-,41-/m0/s1. The average Bonchev–Trinajstić information content (AvgIpc) is 3.75. The van der Waals surface area contributed by atoms with Crippen molar-refractivity contribution < 1.29 is 72.0 Å². The molecular formula is C52H68F2N14O13. The van der Waals surface area contributed by atoms with Crippen LogP contribution in [-0.2, 0) is 44.8 Å². The van der Waals surface area contributed by atoms with Gasteiger partial charge in [-0.25, -0.2) is 8.78 Å². The Kier molecular flexibility index (Phi) is 24.1. The largest absolute Gasteiger partial charge is 0.484 e. The molecule has 0 unspecified atom stereocenters. The minimum absolute atomic E-state index is 0.0210. The summed E-state index contributed by atoms with van der Waals surface area (Å²) in [5, 5.41) is 48.3. The first-order chi connectivity index (χ1) is 38.5. The van der Waals surface area contributed by atoms with E-state index in [0.29, 0.717) is 16.0 Å². The highest BCUT2D eigenvalue weighted by molar-refractivity contribution is 6.07. The van der Waals surface area contributed by atoms with Gasteiger partial charge in [-0.2, -0.15) is 5.26 Å². The second-order valence-electron chi connectivity index (χ2n) is 19.6. The molecule has 2 aliphatic heterocycles. The van der Waals surface area contributed by atoms with E-state index in [2.05, 4.69) is 31.2 Å². The Labute approximate surface area is 465 Å². The summed E-state index contributed by atoms with van der Waals surface area (Å²) in [6, 6.07) is 11.9. The first-order valence-corrected chi connectivity index (χ1v) is 25.8. The quantitative estimate of drug-likeness (QED) is 0.0276. The van der Waals surface area contributed by atoms with Gasteiger partial charge in [-0.15, -0.1) is 0 Å². The molecule has 0 spiro atoms. The van der Waals surface area contributed by atoms with E-state index in [4.69, 9.17) is 10.5 Å². The van der Waals surface area contributed by atoms with Gasteiger partial charge in [-0.1, -0.05) is 30.3 Å². The summed E-state index contributed by atoms with van der Waals surface area (Å²) in [6.45, 7) is -2.70. The van der Waals surface area contributed by atoms with Crippen LogP contribution in [0.15, 0.2) is 65.8 Å². The molecular weight excluding hydrogens is 1070 g/mol. The molecule has 9 N–H and O–H groups in total. The van der Waals surface area contributed by atoms with Gasteiger partial charge in [0.2, 0.25) is 23.6 Å². The number of nitrogens with zero attached hydrogens (tertiary/aromatic N) is 9. The zero-order valence-electron chi connectivity index (χ0n) is 44.9. The van der Waals surface area contributed by atoms with Crippen LogP contribution in [0.4, 0.5) is 8.78 Å². The van der Waals surface area contributed by atoms with Crippen LogP contribution in [0.2, 0.25) is 0 Å². The molecule has 29 heteroatoms. The fourth-order valence-electron chi connectivity index (χ4n) is 8.83. The Balaban J connectivity index is 1.29. The predicted molar refractivity (Wildman–Crippen MR) is 285 cm³/mol. The molecule has 1 aromatic heterocycles. The van der Waals surface area contributed by atoms with Crippen molar-refractivity contribution in [2.45, 2.75) is 49.7 Å². The van der Waals surface area contributed by atoms with Crippen LogP contribution < -0.4 is 31.7 Å². The molecule has 2 aromatic carbocycles. The molecule has 3 aromatic rings. The summed E-state index contributed by atoms with van der Waals surface area (Å²) in [5.74, 6) is -11.3. The number of carboxylic acids is 3. The molecule has 0 radical (unpaired) electrons. The number of aromatic nitrogens is 1. The lowest BCUT2D eigenvalue weighted by Gasteiger charge is -2.32. The van der Waals surface area contributed by atoms with E-state index in [-0.39, 0.29) is 107 Å². The number of hydrogen-bond donors (Lipinski definition) is 8. The number of hydrogen-bond acceptors (Lipinski definition) is 17. The number of nitrogens with one attached hydrogen (secondary N) is 4. The Bertz CT molecular complexity index is 2770. The van der Waals surface area contributed by atoms with Crippen molar-refractivity contribution in [3.05, 3.63) is 71.9 Å². The maximum absolute atomic E-state index is 14.3. The summed E-state index contributed by atoms with van der Waals surface area (Å²) < 4.78 is 33.8. The van der Waals surface area contributed by atoms with Crippen LogP contribution in [0.1, 0.15) is 35.2 Å². The summed E-state index contributed by atoms with van der Waals surface area (Å²) >= 11 is 0. The average molecular weight is 1140 g/mol. The third kappa shape index (κ3) is 21.3. The number of amides is 6. The molecule has 2 fully saturated rings. The molecule has 81 heavy (non-hydrogen) atoms. The van der Waals surface area contributed by atoms with E-state index in [9.17, 15) is 72.5 Å². The number of nitriles is 1. The maximum Gasteiger partial charge on any atom is 0.317 e. The van der Waals surface area contributed by atoms with Crippen molar-refractivity contribution in [2.24, 2.45) is 10.7 Å². The van der Waals surface area contributed by atoms with Gasteiger partial charge in [0.15, 0.2) is 12.6 Å². The van der Waals surface area contributed by atoms with Gasteiger partial charge < -0.3 is 51.5 Å². The number of carbonyl (C=O) groups is 9. The fraction of sp³-hybridized carbons (Fsp3) is 0.500. The lowest BCUT2D eigenvalue weighted by Crippen LogP contribution is -2.56. The topological polar surface area (TPSA) is 366 Å². The Hall–Kier alpha value is -8.46. The van der Waals surface area contributed by atoms with Crippen LogP contribution in [0.25, 0.3) is 10.9 Å². The molecule has 6 amide bonds. The van der Waals surface area contributed by atoms with Gasteiger partial charge in [-0.3, -0.25) is 78.0 Å². The number of halogens is 2. The number of likely N-dealkylation sites (tertiary alicyclic amines) is 1. The predicted octanol–water partition coefficient (Wildman–Crippen LogP) is -1.91. The van der Waals surface area contributed by atoms with Crippen LogP contribution in [-0.4, -0.2) is 252 Å². The highest BCUT2D eigenvalue weighted by Crippen LogP contribution is 2.31. The normalized spacial score (nSPS) is 17.5. The molecule has 5 rings (SSSR count). The summed E-state index contributed by atoms with van der Waals surface area (Å²) in [6.07, 6.45) is 0.593. The van der Waals surface area contributed by atoms with Crippen LogP contribution >= 0.6 is 0 Å². The van der Waals surface area contributed by atoms with Crippen molar-refractivity contribution >= 4 is 70.2 Å². The van der Waals surface area contributed by atoms with Crippen LogP contribution in [0, 0.1) is 11.3 Å². The van der Waals surface area contributed by atoms with Crippen molar-refractivity contribution in [3.8, 4) is 11.8 Å². The van der Waals surface area contributed by atoms with Gasteiger partial charge >= 0.3 is 17.9 Å². The number of ether oxygens (including phenoxy) is 1. The van der Waals surface area contributed by atoms with Gasteiger partial charge in [0.25, 0.3) is 17.7 Å². The van der Waals surface area contributed by atoms with Crippen LogP contribution in [0.5, 0.6) is 5.75 Å². The van der Waals surface area contributed by atoms with E-state index in [1.165, 1.54) is 30.5 Å². The number of rotatable bonds is 24. The molecule has 3 heterocycles. The van der Waals surface area contributed by atoms with E-state index in [1.807, 2.05) is 0 Å². The number of nitrogens with two attached hydrogens (primary N) is 1. The number of guanidine groups is 1. The van der Waals surface area contributed by atoms with Gasteiger partial charge in [0.05, 0.1) is 56.4 Å². The lowest BCUT2D eigenvalue weighted by atomic mass is 10.0. The van der Waals surface area contributed by atoms with E-state index in [0.717, 1.165) is 0 Å². The number of alkyl halides is 2. The third-order valence-corrected chi connectivity index (χ3v) is 13.1. The van der Waals surface area contributed by atoms with Crippen molar-refractivity contribution in [3.63, 3.8) is 0 Å².